The number of fused-ring (bicyclic) bond motifs is 1. The van der Waals surface area contributed by atoms with E-state index in [1.54, 1.807) is 49.4 Å². The molecule has 0 bridgehead atoms. The first-order chi connectivity index (χ1) is 13.8. The van der Waals surface area contributed by atoms with Gasteiger partial charge in [-0.3, -0.25) is 5.32 Å². The molecular formula is C24H25F2NO2. The van der Waals surface area contributed by atoms with E-state index in [0.29, 0.717) is 17.9 Å². The fraction of sp³-hybridized carbons (Fsp3) is 0.333. The van der Waals surface area contributed by atoms with Crippen LogP contribution in [-0.4, -0.2) is 23.0 Å². The van der Waals surface area contributed by atoms with Gasteiger partial charge in [-0.15, -0.1) is 0 Å². The molecule has 2 aromatic rings. The molecule has 3 atom stereocenters. The molecule has 2 N–H and O–H groups in total. The molecule has 5 heteroatoms. The molecule has 0 saturated carbocycles. The Labute approximate surface area is 169 Å². The minimum Gasteiger partial charge on any atom is -0.508 e. The van der Waals surface area contributed by atoms with Crippen molar-refractivity contribution in [3.8, 4) is 11.5 Å². The SMILES string of the molecule is Cc1c(F)cccc1OC1(NCC2CCc3cc(O)ccc32)C=CC=CC1(C)F. The van der Waals surface area contributed by atoms with Gasteiger partial charge in [0.05, 0.1) is 0 Å². The zero-order valence-corrected chi connectivity index (χ0v) is 16.6. The van der Waals surface area contributed by atoms with Crippen LogP contribution in [0.5, 0.6) is 11.5 Å². The maximum Gasteiger partial charge on any atom is 0.218 e. The second-order valence-corrected chi connectivity index (χ2v) is 7.99. The number of alkyl halides is 1. The van der Waals surface area contributed by atoms with Crippen LogP contribution in [0.25, 0.3) is 0 Å². The molecule has 0 amide bonds. The summed E-state index contributed by atoms with van der Waals surface area (Å²) in [5, 5.41) is 13.0. The molecule has 0 heterocycles. The zero-order valence-electron chi connectivity index (χ0n) is 16.6. The lowest BCUT2D eigenvalue weighted by Crippen LogP contribution is -2.62. The van der Waals surface area contributed by atoms with Crippen LogP contribution in [-0.2, 0) is 6.42 Å². The van der Waals surface area contributed by atoms with E-state index in [0.717, 1.165) is 24.0 Å². The van der Waals surface area contributed by atoms with Gasteiger partial charge >= 0.3 is 0 Å². The summed E-state index contributed by atoms with van der Waals surface area (Å²) in [7, 11) is 0. The summed E-state index contributed by atoms with van der Waals surface area (Å²) >= 11 is 0. The second kappa shape index (κ2) is 7.30. The standard InChI is InChI=1S/C24H25F2NO2/c1-16-21(25)6-5-7-22(16)29-24(13-4-3-12-23(24,2)26)27-15-18-9-8-17-14-19(28)10-11-20(17)18/h3-7,10-14,18,27-28H,8-9,15H2,1-2H3. The molecule has 29 heavy (non-hydrogen) atoms. The van der Waals surface area contributed by atoms with Crippen molar-refractivity contribution in [1.82, 2.24) is 5.32 Å². The second-order valence-electron chi connectivity index (χ2n) is 7.99. The molecule has 2 aromatic carbocycles. The third-order valence-electron chi connectivity index (χ3n) is 6.01. The summed E-state index contributed by atoms with van der Waals surface area (Å²) < 4.78 is 35.8. The van der Waals surface area contributed by atoms with Crippen LogP contribution in [0.3, 0.4) is 0 Å². The van der Waals surface area contributed by atoms with Crippen molar-refractivity contribution in [1.29, 1.82) is 0 Å². The molecule has 4 rings (SSSR count). The van der Waals surface area contributed by atoms with Gasteiger partial charge in [-0.05, 0) is 80.2 Å². The first-order valence-electron chi connectivity index (χ1n) is 9.88. The summed E-state index contributed by atoms with van der Waals surface area (Å²) in [5.74, 6) is 0.348. The molecular weight excluding hydrogens is 372 g/mol. The van der Waals surface area contributed by atoms with E-state index in [-0.39, 0.29) is 11.7 Å². The number of phenols is 1. The lowest BCUT2D eigenvalue weighted by atomic mass is 9.88. The number of ether oxygens (including phenoxy) is 1. The molecule has 0 saturated heterocycles. The van der Waals surface area contributed by atoms with E-state index in [2.05, 4.69) is 5.32 Å². The fourth-order valence-electron chi connectivity index (χ4n) is 4.17. The van der Waals surface area contributed by atoms with Crippen molar-refractivity contribution in [2.75, 3.05) is 6.54 Å². The molecule has 3 unspecified atom stereocenters. The third kappa shape index (κ3) is 3.55. The summed E-state index contributed by atoms with van der Waals surface area (Å²) in [6.45, 7) is 3.56. The number of hydrogen-bond donors (Lipinski definition) is 2. The lowest BCUT2D eigenvalue weighted by molar-refractivity contribution is -0.0370. The molecule has 0 radical (unpaired) electrons. The van der Waals surface area contributed by atoms with Gasteiger partial charge in [-0.2, -0.15) is 0 Å². The van der Waals surface area contributed by atoms with Crippen LogP contribution in [0.2, 0.25) is 0 Å². The Kier molecular flexibility index (Phi) is 4.95. The van der Waals surface area contributed by atoms with Gasteiger partial charge in [-0.1, -0.05) is 24.3 Å². The zero-order chi connectivity index (χ0) is 20.6. The monoisotopic (exact) mass is 397 g/mol. The summed E-state index contributed by atoms with van der Waals surface area (Å²) in [6, 6.07) is 9.97. The highest BCUT2D eigenvalue weighted by Gasteiger charge is 2.50. The number of halogens is 2. The van der Waals surface area contributed by atoms with Gasteiger partial charge in [0.15, 0.2) is 5.67 Å². The Balaban J connectivity index is 1.62. The van der Waals surface area contributed by atoms with E-state index in [9.17, 15) is 9.50 Å². The van der Waals surface area contributed by atoms with Gasteiger partial charge in [0, 0.05) is 12.1 Å². The summed E-state index contributed by atoms with van der Waals surface area (Å²) in [4.78, 5) is 0. The van der Waals surface area contributed by atoms with E-state index in [1.807, 2.05) is 6.07 Å². The lowest BCUT2D eigenvalue weighted by Gasteiger charge is -2.42. The van der Waals surface area contributed by atoms with Gasteiger partial charge in [0.1, 0.15) is 17.3 Å². The van der Waals surface area contributed by atoms with Crippen LogP contribution in [0.1, 0.15) is 36.0 Å². The minimum absolute atomic E-state index is 0.176. The predicted molar refractivity (Wildman–Crippen MR) is 109 cm³/mol. The Morgan fingerprint density at radius 1 is 1.21 bits per heavy atom. The van der Waals surface area contributed by atoms with Crippen LogP contribution in [0, 0.1) is 12.7 Å². The molecule has 0 spiro atoms. The largest absolute Gasteiger partial charge is 0.508 e. The topological polar surface area (TPSA) is 41.5 Å². The van der Waals surface area contributed by atoms with Gasteiger partial charge in [0.25, 0.3) is 0 Å². The molecule has 2 aliphatic rings. The predicted octanol–water partition coefficient (Wildman–Crippen LogP) is 5.09. The molecule has 3 nitrogen and oxygen atoms in total. The van der Waals surface area contributed by atoms with Crippen molar-refractivity contribution in [3.05, 3.63) is 83.2 Å². The quantitative estimate of drug-likeness (QED) is 0.691. The van der Waals surface area contributed by atoms with Crippen molar-refractivity contribution in [3.63, 3.8) is 0 Å². The highest BCUT2D eigenvalue weighted by atomic mass is 19.1. The summed E-state index contributed by atoms with van der Waals surface area (Å²) in [5.41, 5.74) is -0.677. The molecule has 0 fully saturated rings. The molecule has 152 valence electrons. The number of benzene rings is 2. The highest BCUT2D eigenvalue weighted by Crippen LogP contribution is 2.39. The average molecular weight is 397 g/mol. The Morgan fingerprint density at radius 3 is 2.79 bits per heavy atom. The van der Waals surface area contributed by atoms with Crippen molar-refractivity contribution in [2.24, 2.45) is 0 Å². The maximum atomic E-state index is 15.7. The molecule has 0 aliphatic heterocycles. The Morgan fingerprint density at radius 2 is 2.00 bits per heavy atom. The average Bonchev–Trinajstić information content (AvgIpc) is 3.08. The van der Waals surface area contributed by atoms with Crippen molar-refractivity contribution < 1.29 is 18.6 Å². The van der Waals surface area contributed by atoms with Gasteiger partial charge in [-0.25, -0.2) is 8.78 Å². The number of nitrogens with one attached hydrogen (secondary N) is 1. The Bertz CT molecular complexity index is 983. The Hall–Kier alpha value is -2.66. The van der Waals surface area contributed by atoms with Crippen LogP contribution < -0.4 is 10.1 Å². The van der Waals surface area contributed by atoms with Crippen LogP contribution in [0.4, 0.5) is 8.78 Å². The maximum absolute atomic E-state index is 15.7. The van der Waals surface area contributed by atoms with Crippen LogP contribution >= 0.6 is 0 Å². The molecule has 0 aromatic heterocycles. The normalized spacial score (nSPS) is 27.8. The number of allylic oxidation sites excluding steroid dienone is 2. The molecule has 2 aliphatic carbocycles. The minimum atomic E-state index is -1.84. The summed E-state index contributed by atoms with van der Waals surface area (Å²) in [6.07, 6.45) is 8.28. The third-order valence-corrected chi connectivity index (χ3v) is 6.01. The van der Waals surface area contributed by atoms with Gasteiger partial charge < -0.3 is 9.84 Å². The van der Waals surface area contributed by atoms with E-state index < -0.39 is 17.2 Å². The van der Waals surface area contributed by atoms with E-state index >= 15 is 4.39 Å². The number of rotatable bonds is 5. The number of aromatic hydroxyl groups is 1. The van der Waals surface area contributed by atoms with E-state index in [4.69, 9.17) is 4.74 Å². The smallest absolute Gasteiger partial charge is 0.218 e. The van der Waals surface area contributed by atoms with E-state index in [1.165, 1.54) is 19.1 Å². The van der Waals surface area contributed by atoms with Gasteiger partial charge in [0.2, 0.25) is 5.72 Å². The highest BCUT2D eigenvalue weighted by molar-refractivity contribution is 5.41. The number of aryl methyl sites for hydroxylation is 1. The van der Waals surface area contributed by atoms with Crippen molar-refractivity contribution >= 4 is 0 Å². The number of phenolic OH excluding ortho intramolecular Hbond substituents is 1. The van der Waals surface area contributed by atoms with Crippen molar-refractivity contribution in [2.45, 2.75) is 44.0 Å². The first kappa shape index (κ1) is 19.6. The first-order valence-corrected chi connectivity index (χ1v) is 9.88. The van der Waals surface area contributed by atoms with Crippen LogP contribution in [0.15, 0.2) is 60.7 Å². The number of hydrogen-bond acceptors (Lipinski definition) is 3. The fourth-order valence-corrected chi connectivity index (χ4v) is 4.17.